The summed E-state index contributed by atoms with van der Waals surface area (Å²) in [5.41, 5.74) is 2.84. The Morgan fingerprint density at radius 1 is 1.19 bits per heavy atom. The van der Waals surface area contributed by atoms with Gasteiger partial charge >= 0.3 is 0 Å². The molecule has 142 valence electrons. The molecule has 1 aliphatic carbocycles. The van der Waals surface area contributed by atoms with Gasteiger partial charge in [0.2, 0.25) is 5.95 Å². The molecule has 0 radical (unpaired) electrons. The summed E-state index contributed by atoms with van der Waals surface area (Å²) in [6.07, 6.45) is 10.1. The number of hydrogen-bond acceptors (Lipinski definition) is 5. The Morgan fingerprint density at radius 3 is 2.70 bits per heavy atom. The quantitative estimate of drug-likeness (QED) is 0.745. The van der Waals surface area contributed by atoms with Crippen LogP contribution in [0.25, 0.3) is 17.1 Å². The van der Waals surface area contributed by atoms with Gasteiger partial charge in [-0.1, -0.05) is 19.3 Å². The molecule has 2 aromatic heterocycles. The van der Waals surface area contributed by atoms with E-state index in [1.54, 1.807) is 13.4 Å². The Labute approximate surface area is 159 Å². The number of nitrogens with zero attached hydrogens (tertiary/aromatic N) is 5. The Kier molecular flexibility index (Phi) is 4.83. The van der Waals surface area contributed by atoms with Gasteiger partial charge < -0.3 is 14.6 Å². The number of rotatable bonds is 5. The summed E-state index contributed by atoms with van der Waals surface area (Å²) in [6, 6.07) is 6.51. The Morgan fingerprint density at radius 2 is 2.00 bits per heavy atom. The Bertz CT molecular complexity index is 922. The van der Waals surface area contributed by atoms with Crippen LogP contribution in [-0.4, -0.2) is 37.5 Å². The highest BCUT2D eigenvalue weighted by atomic mass is 16.5. The zero-order chi connectivity index (χ0) is 18.8. The monoisotopic (exact) mass is 366 g/mol. The van der Waals surface area contributed by atoms with Crippen molar-refractivity contribution in [2.45, 2.75) is 45.1 Å². The summed E-state index contributed by atoms with van der Waals surface area (Å²) in [4.78, 5) is 9.01. The van der Waals surface area contributed by atoms with Gasteiger partial charge in [-0.2, -0.15) is 4.98 Å². The first-order valence-electron chi connectivity index (χ1n) is 9.51. The van der Waals surface area contributed by atoms with Gasteiger partial charge in [-0.05, 0) is 38.0 Å². The highest BCUT2D eigenvalue weighted by Crippen LogP contribution is 2.29. The second-order valence-corrected chi connectivity index (χ2v) is 7.17. The largest absolute Gasteiger partial charge is 0.495 e. The number of anilines is 1. The van der Waals surface area contributed by atoms with Crippen molar-refractivity contribution in [3.05, 3.63) is 36.4 Å². The van der Waals surface area contributed by atoms with Gasteiger partial charge in [0.1, 0.15) is 5.75 Å². The number of nitrogens with one attached hydrogen (secondary N) is 1. The summed E-state index contributed by atoms with van der Waals surface area (Å²) in [7, 11) is 3.61. The van der Waals surface area contributed by atoms with E-state index < -0.39 is 0 Å². The van der Waals surface area contributed by atoms with E-state index in [-0.39, 0.29) is 0 Å². The van der Waals surface area contributed by atoms with E-state index in [2.05, 4.69) is 15.4 Å². The molecule has 0 saturated heterocycles. The molecular formula is C20H26N6O. The van der Waals surface area contributed by atoms with Crippen molar-refractivity contribution in [1.82, 2.24) is 24.3 Å². The van der Waals surface area contributed by atoms with Gasteiger partial charge in [0.15, 0.2) is 5.82 Å². The third kappa shape index (κ3) is 3.67. The van der Waals surface area contributed by atoms with Crippen molar-refractivity contribution in [1.29, 1.82) is 0 Å². The van der Waals surface area contributed by atoms with E-state index >= 15 is 0 Å². The first-order valence-corrected chi connectivity index (χ1v) is 9.51. The second kappa shape index (κ2) is 7.42. The molecule has 3 aromatic rings. The number of imidazole rings is 1. The highest BCUT2D eigenvalue weighted by Gasteiger charge is 2.17. The van der Waals surface area contributed by atoms with Crippen LogP contribution in [0.1, 0.15) is 37.8 Å². The van der Waals surface area contributed by atoms with Crippen molar-refractivity contribution in [3.8, 4) is 22.8 Å². The van der Waals surface area contributed by atoms with Gasteiger partial charge in [0.25, 0.3) is 0 Å². The maximum atomic E-state index is 5.60. The van der Waals surface area contributed by atoms with Gasteiger partial charge in [0, 0.05) is 24.8 Å². The molecule has 1 aliphatic rings. The maximum absolute atomic E-state index is 5.60. The molecule has 1 saturated carbocycles. The van der Waals surface area contributed by atoms with E-state index in [9.17, 15) is 0 Å². The van der Waals surface area contributed by atoms with Crippen LogP contribution in [0.3, 0.4) is 0 Å². The van der Waals surface area contributed by atoms with Crippen molar-refractivity contribution in [3.63, 3.8) is 0 Å². The molecule has 4 rings (SSSR count). The predicted molar refractivity (Wildman–Crippen MR) is 105 cm³/mol. The third-order valence-corrected chi connectivity index (χ3v) is 5.13. The summed E-state index contributed by atoms with van der Waals surface area (Å²) in [5.74, 6) is 2.28. The molecule has 0 amide bonds. The van der Waals surface area contributed by atoms with E-state index in [4.69, 9.17) is 9.72 Å². The molecule has 7 nitrogen and oxygen atoms in total. The van der Waals surface area contributed by atoms with Crippen molar-refractivity contribution in [2.24, 2.45) is 7.05 Å². The topological polar surface area (TPSA) is 69.8 Å². The standard InChI is InChI=1S/C20H26N6O/c1-14-12-26(13-21-14)17-10-9-15(11-18(17)27-3)19-23-20(25(2)24-19)22-16-7-5-4-6-8-16/h9-13,16H,4-8H2,1-3H3,(H,22,23,24). The number of ether oxygens (including phenoxy) is 1. The summed E-state index contributed by atoms with van der Waals surface area (Å²) < 4.78 is 9.38. The number of aromatic nitrogens is 5. The fourth-order valence-corrected chi connectivity index (χ4v) is 3.64. The van der Waals surface area contributed by atoms with E-state index in [1.807, 2.05) is 47.6 Å². The molecule has 0 unspecified atom stereocenters. The number of hydrogen-bond donors (Lipinski definition) is 1. The summed E-state index contributed by atoms with van der Waals surface area (Å²) in [6.45, 7) is 1.97. The molecule has 7 heteroatoms. The number of benzene rings is 1. The van der Waals surface area contributed by atoms with Crippen LogP contribution in [0, 0.1) is 6.92 Å². The number of aryl methyl sites for hydroxylation is 2. The molecule has 27 heavy (non-hydrogen) atoms. The first-order chi connectivity index (χ1) is 13.1. The third-order valence-electron chi connectivity index (χ3n) is 5.13. The molecule has 0 atom stereocenters. The first kappa shape index (κ1) is 17.6. The summed E-state index contributed by atoms with van der Waals surface area (Å²) in [5, 5.41) is 8.15. The molecule has 0 aliphatic heterocycles. The smallest absolute Gasteiger partial charge is 0.221 e. The van der Waals surface area contributed by atoms with E-state index in [0.29, 0.717) is 11.9 Å². The average molecular weight is 366 g/mol. The Hall–Kier alpha value is -2.83. The Balaban J connectivity index is 1.60. The lowest BCUT2D eigenvalue weighted by Gasteiger charge is -2.22. The SMILES string of the molecule is COc1cc(-c2nc(NC3CCCCC3)n(C)n2)ccc1-n1cnc(C)c1. The minimum absolute atomic E-state index is 0.496. The van der Waals surface area contributed by atoms with Crippen molar-refractivity contribution in [2.75, 3.05) is 12.4 Å². The minimum atomic E-state index is 0.496. The molecule has 1 aromatic carbocycles. The molecule has 0 spiro atoms. The van der Waals surface area contributed by atoms with Crippen LogP contribution in [0.4, 0.5) is 5.95 Å². The average Bonchev–Trinajstić information content (AvgIpc) is 3.28. The van der Waals surface area contributed by atoms with Gasteiger partial charge in [-0.15, -0.1) is 5.10 Å². The fraction of sp³-hybridized carbons (Fsp3) is 0.450. The lowest BCUT2D eigenvalue weighted by atomic mass is 9.96. The molecule has 1 fully saturated rings. The van der Waals surface area contributed by atoms with Crippen LogP contribution in [0.2, 0.25) is 0 Å². The fourth-order valence-electron chi connectivity index (χ4n) is 3.64. The zero-order valence-corrected chi connectivity index (χ0v) is 16.1. The molecule has 1 N–H and O–H groups in total. The van der Waals surface area contributed by atoms with Crippen LogP contribution in [-0.2, 0) is 7.05 Å². The van der Waals surface area contributed by atoms with Crippen molar-refractivity contribution >= 4 is 5.95 Å². The number of methoxy groups -OCH3 is 1. The lowest BCUT2D eigenvalue weighted by molar-refractivity contribution is 0.413. The lowest BCUT2D eigenvalue weighted by Crippen LogP contribution is -2.24. The molecule has 0 bridgehead atoms. The van der Waals surface area contributed by atoms with Gasteiger partial charge in [-0.25, -0.2) is 9.67 Å². The van der Waals surface area contributed by atoms with Crippen LogP contribution >= 0.6 is 0 Å². The molecular weight excluding hydrogens is 340 g/mol. The predicted octanol–water partition coefficient (Wildman–Crippen LogP) is 3.73. The normalized spacial score (nSPS) is 15.1. The van der Waals surface area contributed by atoms with Crippen LogP contribution in [0.15, 0.2) is 30.7 Å². The maximum Gasteiger partial charge on any atom is 0.221 e. The van der Waals surface area contributed by atoms with Crippen LogP contribution in [0.5, 0.6) is 5.75 Å². The van der Waals surface area contributed by atoms with E-state index in [0.717, 1.165) is 28.6 Å². The zero-order valence-electron chi connectivity index (χ0n) is 16.1. The highest BCUT2D eigenvalue weighted by molar-refractivity contribution is 5.63. The molecule has 2 heterocycles. The van der Waals surface area contributed by atoms with Gasteiger partial charge in [-0.3, -0.25) is 0 Å². The second-order valence-electron chi connectivity index (χ2n) is 7.17. The summed E-state index contributed by atoms with van der Waals surface area (Å²) >= 11 is 0. The van der Waals surface area contributed by atoms with Crippen molar-refractivity contribution < 1.29 is 4.74 Å². The van der Waals surface area contributed by atoms with E-state index in [1.165, 1.54) is 32.1 Å². The van der Waals surface area contributed by atoms with Gasteiger partial charge in [0.05, 0.1) is 24.8 Å². The van der Waals surface area contributed by atoms with Crippen LogP contribution < -0.4 is 10.1 Å². The minimum Gasteiger partial charge on any atom is -0.495 e.